The molecule has 0 bridgehead atoms. The third-order valence-electron chi connectivity index (χ3n) is 8.26. The Morgan fingerprint density at radius 1 is 0.486 bits per heavy atom. The summed E-state index contributed by atoms with van der Waals surface area (Å²) in [7, 11) is -2.01. The average molecular weight is 469 g/mol. The zero-order valence-electron chi connectivity index (χ0n) is 21.0. The molecular formula is C34H32Si. The molecule has 172 valence electrons. The molecule has 0 saturated heterocycles. The van der Waals surface area contributed by atoms with E-state index in [1.165, 1.54) is 55.7 Å². The molecule has 2 atom stereocenters. The highest BCUT2D eigenvalue weighted by Crippen LogP contribution is 2.56. The van der Waals surface area contributed by atoms with Crippen LogP contribution in [0.25, 0.3) is 23.3 Å². The van der Waals surface area contributed by atoms with Crippen LogP contribution < -0.4 is 0 Å². The van der Waals surface area contributed by atoms with E-state index in [0.717, 1.165) is 0 Å². The number of hydrogen-bond acceptors (Lipinski definition) is 0. The van der Waals surface area contributed by atoms with Crippen LogP contribution in [0.15, 0.2) is 97.1 Å². The number of fused-ring (bicyclic) bond motifs is 2. The van der Waals surface area contributed by atoms with Crippen LogP contribution in [0.2, 0.25) is 13.1 Å². The lowest BCUT2D eigenvalue weighted by Crippen LogP contribution is -2.42. The Morgan fingerprint density at radius 3 is 1.29 bits per heavy atom. The van der Waals surface area contributed by atoms with Gasteiger partial charge >= 0.3 is 0 Å². The normalized spacial score (nSPS) is 18.6. The zero-order valence-corrected chi connectivity index (χ0v) is 22.0. The fourth-order valence-corrected chi connectivity index (χ4v) is 11.2. The monoisotopic (exact) mass is 468 g/mol. The van der Waals surface area contributed by atoms with Crippen molar-refractivity contribution < 1.29 is 0 Å². The van der Waals surface area contributed by atoms with Gasteiger partial charge in [-0.1, -0.05) is 122 Å². The van der Waals surface area contributed by atoms with E-state index < -0.39 is 8.07 Å². The van der Waals surface area contributed by atoms with Gasteiger partial charge < -0.3 is 0 Å². The molecule has 6 rings (SSSR count). The van der Waals surface area contributed by atoms with Crippen molar-refractivity contribution in [1.82, 2.24) is 0 Å². The van der Waals surface area contributed by atoms with Gasteiger partial charge in [0.2, 0.25) is 0 Å². The summed E-state index contributed by atoms with van der Waals surface area (Å²) in [5, 5.41) is 0. The van der Waals surface area contributed by atoms with Crippen molar-refractivity contribution in [3.8, 4) is 0 Å². The van der Waals surface area contributed by atoms with Gasteiger partial charge in [-0.3, -0.25) is 0 Å². The van der Waals surface area contributed by atoms with Gasteiger partial charge in [-0.2, -0.15) is 0 Å². The summed E-state index contributed by atoms with van der Waals surface area (Å²) < 4.78 is 0. The molecule has 2 aliphatic carbocycles. The van der Waals surface area contributed by atoms with Crippen LogP contribution >= 0.6 is 0 Å². The second-order valence-corrected chi connectivity index (χ2v) is 15.6. The molecule has 2 aliphatic rings. The average Bonchev–Trinajstić information content (AvgIpc) is 3.44. The summed E-state index contributed by atoms with van der Waals surface area (Å²) in [6, 6.07) is 36.1. The minimum atomic E-state index is -2.01. The fraction of sp³-hybridized carbons (Fsp3) is 0.176. The maximum atomic E-state index is 2.63. The molecule has 0 saturated carbocycles. The van der Waals surface area contributed by atoms with Crippen molar-refractivity contribution in [2.24, 2.45) is 0 Å². The highest BCUT2D eigenvalue weighted by atomic mass is 28.3. The molecule has 0 aromatic heterocycles. The van der Waals surface area contributed by atoms with Gasteiger partial charge in [-0.25, -0.2) is 0 Å². The molecule has 4 aromatic carbocycles. The molecule has 0 fully saturated rings. The Balaban J connectivity index is 1.57. The molecular weight excluding hydrogens is 436 g/mol. The van der Waals surface area contributed by atoms with Crippen LogP contribution in [-0.4, -0.2) is 8.07 Å². The minimum absolute atomic E-state index is 0.434. The van der Waals surface area contributed by atoms with Crippen molar-refractivity contribution in [1.29, 1.82) is 0 Å². The summed E-state index contributed by atoms with van der Waals surface area (Å²) in [5.41, 5.74) is 15.2. The number of aryl methyl sites for hydroxylation is 2. The number of benzene rings is 4. The Labute approximate surface area is 210 Å². The Morgan fingerprint density at radius 2 is 0.857 bits per heavy atom. The summed E-state index contributed by atoms with van der Waals surface area (Å²) in [6.45, 7) is 9.78. The molecule has 1 heteroatoms. The predicted octanol–water partition coefficient (Wildman–Crippen LogP) is 9.07. The van der Waals surface area contributed by atoms with Crippen molar-refractivity contribution >= 4 is 31.4 Å². The molecule has 4 aromatic rings. The first-order valence-corrected chi connectivity index (χ1v) is 15.9. The summed E-state index contributed by atoms with van der Waals surface area (Å²) in [6.07, 6.45) is 4.96. The first-order valence-electron chi connectivity index (χ1n) is 12.7. The zero-order chi connectivity index (χ0) is 24.2. The molecule has 0 N–H and O–H groups in total. The molecule has 0 spiro atoms. The smallest absolute Gasteiger partial charge is 0.0679 e. The van der Waals surface area contributed by atoms with Gasteiger partial charge in [0, 0.05) is 11.1 Å². The molecule has 0 nitrogen and oxygen atoms in total. The highest BCUT2D eigenvalue weighted by Gasteiger charge is 2.49. The van der Waals surface area contributed by atoms with Crippen molar-refractivity contribution in [3.63, 3.8) is 0 Å². The molecule has 0 aliphatic heterocycles. The maximum absolute atomic E-state index is 2.63. The van der Waals surface area contributed by atoms with Crippen LogP contribution in [-0.2, 0) is 0 Å². The molecule has 0 radical (unpaired) electrons. The third kappa shape index (κ3) is 3.49. The number of rotatable bonds is 4. The lowest BCUT2D eigenvalue weighted by atomic mass is 9.98. The Kier molecular flexibility index (Phi) is 5.27. The van der Waals surface area contributed by atoms with E-state index in [-0.39, 0.29) is 0 Å². The summed E-state index contributed by atoms with van der Waals surface area (Å²) >= 11 is 0. The van der Waals surface area contributed by atoms with Crippen molar-refractivity contribution in [3.05, 3.63) is 142 Å². The minimum Gasteiger partial charge on any atom is -0.0679 e. The molecule has 2 unspecified atom stereocenters. The first kappa shape index (κ1) is 22.1. The van der Waals surface area contributed by atoms with E-state index in [1.807, 2.05) is 0 Å². The lowest BCUT2D eigenvalue weighted by Gasteiger charge is -2.40. The van der Waals surface area contributed by atoms with Crippen LogP contribution in [0, 0.1) is 13.8 Å². The van der Waals surface area contributed by atoms with Crippen molar-refractivity contribution in [2.75, 3.05) is 0 Å². The standard InChI is InChI=1S/C34H32Si/c1-23-13-5-9-17-27(23)31-21-25-15-7-11-19-29(25)33(31)35(3,4)34-30-20-12-8-16-26(30)22-32(34)28-18-10-6-14-24(28)2/h5-22,33-34H,1-4H3. The van der Waals surface area contributed by atoms with Crippen LogP contribution in [0.4, 0.5) is 0 Å². The van der Waals surface area contributed by atoms with E-state index in [2.05, 4.69) is 136 Å². The van der Waals surface area contributed by atoms with Crippen LogP contribution in [0.3, 0.4) is 0 Å². The maximum Gasteiger partial charge on any atom is 0.0731 e. The second kappa shape index (κ2) is 8.36. The van der Waals surface area contributed by atoms with E-state index in [0.29, 0.717) is 11.1 Å². The lowest BCUT2D eigenvalue weighted by molar-refractivity contribution is 1.06. The molecule has 0 heterocycles. The number of allylic oxidation sites excluding steroid dienone is 2. The Bertz CT molecular complexity index is 1390. The molecule has 0 amide bonds. The van der Waals surface area contributed by atoms with Crippen LogP contribution in [0.1, 0.15) is 55.6 Å². The SMILES string of the molecule is Cc1ccccc1C1=Cc2ccccc2C1[Si](C)(C)C1C(c2ccccc2C)=Cc2ccccc21. The van der Waals surface area contributed by atoms with E-state index in [4.69, 9.17) is 0 Å². The van der Waals surface area contributed by atoms with Gasteiger partial charge in [0.1, 0.15) is 0 Å². The largest absolute Gasteiger partial charge is 0.0731 e. The second-order valence-electron chi connectivity index (χ2n) is 10.8. The summed E-state index contributed by atoms with van der Waals surface area (Å²) in [5.74, 6) is 0. The predicted molar refractivity (Wildman–Crippen MR) is 154 cm³/mol. The van der Waals surface area contributed by atoms with Crippen LogP contribution in [0.5, 0.6) is 0 Å². The van der Waals surface area contributed by atoms with Gasteiger partial charge in [0.15, 0.2) is 0 Å². The van der Waals surface area contributed by atoms with Gasteiger partial charge in [-0.05, 0) is 69.5 Å². The Hall–Kier alpha value is -3.42. The quantitative estimate of drug-likeness (QED) is 0.262. The van der Waals surface area contributed by atoms with E-state index in [1.54, 1.807) is 0 Å². The van der Waals surface area contributed by atoms with Crippen molar-refractivity contribution in [2.45, 2.75) is 38.0 Å². The third-order valence-corrected chi connectivity index (χ3v) is 12.5. The van der Waals surface area contributed by atoms with E-state index >= 15 is 0 Å². The highest BCUT2D eigenvalue weighted by molar-refractivity contribution is 6.84. The van der Waals surface area contributed by atoms with E-state index in [9.17, 15) is 0 Å². The number of hydrogen-bond donors (Lipinski definition) is 0. The molecule has 35 heavy (non-hydrogen) atoms. The van der Waals surface area contributed by atoms with Gasteiger partial charge in [0.25, 0.3) is 0 Å². The topological polar surface area (TPSA) is 0 Å². The van der Waals surface area contributed by atoms with Gasteiger partial charge in [-0.15, -0.1) is 0 Å². The first-order chi connectivity index (χ1) is 17.0. The fourth-order valence-electron chi connectivity index (χ4n) is 6.68. The summed E-state index contributed by atoms with van der Waals surface area (Å²) in [4.78, 5) is 0. The van der Waals surface area contributed by atoms with Gasteiger partial charge in [0.05, 0.1) is 8.07 Å².